The monoisotopic (exact) mass is 192 g/mol. The average Bonchev–Trinajstić information content (AvgIpc) is 2.03. The molecule has 0 bridgehead atoms. The average molecular weight is 193 g/mol. The Hall–Kier alpha value is -0.280. The van der Waals surface area contributed by atoms with Crippen LogP contribution in [0.1, 0.15) is 25.7 Å². The second-order valence-electron chi connectivity index (χ2n) is 3.04. The van der Waals surface area contributed by atoms with E-state index in [1.54, 1.807) is 0 Å². The van der Waals surface area contributed by atoms with Gasteiger partial charge in [-0.1, -0.05) is 12.8 Å². The van der Waals surface area contributed by atoms with E-state index in [4.69, 9.17) is 21.4 Å². The predicted octanol–water partition coefficient (Wildman–Crippen LogP) is 1.64. The van der Waals surface area contributed by atoms with Gasteiger partial charge in [0, 0.05) is 0 Å². The van der Waals surface area contributed by atoms with E-state index in [-0.39, 0.29) is 18.1 Å². The number of hydrogen-bond acceptors (Lipinski definition) is 2. The van der Waals surface area contributed by atoms with Gasteiger partial charge in [0.2, 0.25) is 0 Å². The standard InChI is InChI=1S/C8H13ClO3/c9-6-3-1-2-4-7(6)12-5-8(10)11/h6-7H,1-5H2,(H,10,11)/t6-,7-/m0/s1. The molecule has 0 amide bonds. The lowest BCUT2D eigenvalue weighted by Gasteiger charge is -2.26. The van der Waals surface area contributed by atoms with Gasteiger partial charge in [-0.2, -0.15) is 0 Å². The molecule has 1 rings (SSSR count). The van der Waals surface area contributed by atoms with E-state index in [0.717, 1.165) is 25.7 Å². The van der Waals surface area contributed by atoms with Crippen molar-refractivity contribution < 1.29 is 14.6 Å². The number of aliphatic carboxylic acids is 1. The van der Waals surface area contributed by atoms with Gasteiger partial charge in [-0.15, -0.1) is 11.6 Å². The Labute approximate surface area is 76.7 Å². The molecule has 1 N–H and O–H groups in total. The normalized spacial score (nSPS) is 30.1. The maximum Gasteiger partial charge on any atom is 0.329 e. The molecule has 1 fully saturated rings. The van der Waals surface area contributed by atoms with Crippen molar-refractivity contribution in [2.75, 3.05) is 6.61 Å². The van der Waals surface area contributed by atoms with E-state index in [2.05, 4.69) is 0 Å². The molecule has 0 aliphatic heterocycles. The molecule has 0 aromatic carbocycles. The van der Waals surface area contributed by atoms with E-state index in [0.29, 0.717) is 0 Å². The molecule has 0 heterocycles. The van der Waals surface area contributed by atoms with Gasteiger partial charge in [-0.3, -0.25) is 0 Å². The predicted molar refractivity (Wildman–Crippen MR) is 45.5 cm³/mol. The first kappa shape index (κ1) is 9.81. The maximum absolute atomic E-state index is 10.2. The molecule has 1 saturated carbocycles. The summed E-state index contributed by atoms with van der Waals surface area (Å²) in [6, 6.07) is 0. The lowest BCUT2D eigenvalue weighted by molar-refractivity contribution is -0.144. The number of carbonyl (C=O) groups is 1. The van der Waals surface area contributed by atoms with Gasteiger partial charge in [-0.05, 0) is 12.8 Å². The Bertz CT molecular complexity index is 160. The fraction of sp³-hybridized carbons (Fsp3) is 0.875. The molecule has 1 aliphatic carbocycles. The number of halogens is 1. The van der Waals surface area contributed by atoms with Gasteiger partial charge in [0.25, 0.3) is 0 Å². The lowest BCUT2D eigenvalue weighted by Crippen LogP contribution is -2.30. The number of alkyl halides is 1. The van der Waals surface area contributed by atoms with Crippen molar-refractivity contribution in [3.05, 3.63) is 0 Å². The highest BCUT2D eigenvalue weighted by Crippen LogP contribution is 2.25. The minimum atomic E-state index is -0.926. The molecular weight excluding hydrogens is 180 g/mol. The first-order valence-corrected chi connectivity index (χ1v) is 4.61. The summed E-state index contributed by atoms with van der Waals surface area (Å²) < 4.78 is 5.13. The van der Waals surface area contributed by atoms with Crippen molar-refractivity contribution in [1.29, 1.82) is 0 Å². The highest BCUT2D eigenvalue weighted by atomic mass is 35.5. The number of ether oxygens (including phenoxy) is 1. The van der Waals surface area contributed by atoms with Crippen molar-refractivity contribution >= 4 is 17.6 Å². The fourth-order valence-corrected chi connectivity index (χ4v) is 1.77. The third kappa shape index (κ3) is 2.99. The second kappa shape index (κ2) is 4.67. The zero-order valence-corrected chi connectivity index (χ0v) is 7.59. The van der Waals surface area contributed by atoms with Crippen LogP contribution in [0.5, 0.6) is 0 Å². The Morgan fingerprint density at radius 1 is 1.50 bits per heavy atom. The quantitative estimate of drug-likeness (QED) is 0.692. The van der Waals surface area contributed by atoms with E-state index < -0.39 is 5.97 Å². The minimum Gasteiger partial charge on any atom is -0.480 e. The van der Waals surface area contributed by atoms with E-state index in [1.807, 2.05) is 0 Å². The first-order chi connectivity index (χ1) is 5.70. The van der Waals surface area contributed by atoms with Gasteiger partial charge < -0.3 is 9.84 Å². The topological polar surface area (TPSA) is 46.5 Å². The van der Waals surface area contributed by atoms with Crippen LogP contribution in [0, 0.1) is 0 Å². The molecule has 1 aliphatic rings. The van der Waals surface area contributed by atoms with Gasteiger partial charge in [0.15, 0.2) is 0 Å². The fourth-order valence-electron chi connectivity index (χ4n) is 1.42. The third-order valence-corrected chi connectivity index (χ3v) is 2.54. The van der Waals surface area contributed by atoms with Crippen LogP contribution in [0.3, 0.4) is 0 Å². The summed E-state index contributed by atoms with van der Waals surface area (Å²) in [5.74, 6) is -0.926. The van der Waals surface area contributed by atoms with Crippen LogP contribution in [0.25, 0.3) is 0 Å². The zero-order valence-electron chi connectivity index (χ0n) is 6.83. The van der Waals surface area contributed by atoms with E-state index >= 15 is 0 Å². The Balaban J connectivity index is 2.24. The summed E-state index contributed by atoms with van der Waals surface area (Å²) >= 11 is 5.95. The highest BCUT2D eigenvalue weighted by Gasteiger charge is 2.24. The van der Waals surface area contributed by atoms with Crippen LogP contribution in [-0.2, 0) is 9.53 Å². The molecule has 0 unspecified atom stereocenters. The number of hydrogen-bond donors (Lipinski definition) is 1. The summed E-state index contributed by atoms with van der Waals surface area (Å²) in [4.78, 5) is 10.2. The zero-order chi connectivity index (χ0) is 8.97. The summed E-state index contributed by atoms with van der Waals surface area (Å²) in [7, 11) is 0. The third-order valence-electron chi connectivity index (χ3n) is 2.04. The van der Waals surface area contributed by atoms with Crippen LogP contribution in [-0.4, -0.2) is 29.2 Å². The second-order valence-corrected chi connectivity index (χ2v) is 3.60. The van der Waals surface area contributed by atoms with E-state index in [1.165, 1.54) is 0 Å². The molecule has 0 aromatic rings. The maximum atomic E-state index is 10.2. The lowest BCUT2D eigenvalue weighted by atomic mass is 9.97. The number of rotatable bonds is 3. The van der Waals surface area contributed by atoms with Crippen molar-refractivity contribution in [2.45, 2.75) is 37.2 Å². The van der Waals surface area contributed by atoms with Crippen molar-refractivity contribution in [1.82, 2.24) is 0 Å². The Morgan fingerprint density at radius 2 is 2.17 bits per heavy atom. The molecule has 0 saturated heterocycles. The van der Waals surface area contributed by atoms with E-state index in [9.17, 15) is 4.79 Å². The largest absolute Gasteiger partial charge is 0.480 e. The van der Waals surface area contributed by atoms with Gasteiger partial charge >= 0.3 is 5.97 Å². The first-order valence-electron chi connectivity index (χ1n) is 4.17. The summed E-state index contributed by atoms with van der Waals surface area (Å²) in [5, 5.41) is 8.36. The Kier molecular flexibility index (Phi) is 3.82. The van der Waals surface area contributed by atoms with Crippen LogP contribution < -0.4 is 0 Å². The van der Waals surface area contributed by atoms with Crippen LogP contribution >= 0.6 is 11.6 Å². The van der Waals surface area contributed by atoms with Crippen molar-refractivity contribution in [3.8, 4) is 0 Å². The van der Waals surface area contributed by atoms with Gasteiger partial charge in [0.05, 0.1) is 11.5 Å². The van der Waals surface area contributed by atoms with Gasteiger partial charge in [0.1, 0.15) is 6.61 Å². The van der Waals surface area contributed by atoms with Crippen molar-refractivity contribution in [3.63, 3.8) is 0 Å². The van der Waals surface area contributed by atoms with Crippen LogP contribution in [0.15, 0.2) is 0 Å². The van der Waals surface area contributed by atoms with Crippen LogP contribution in [0.4, 0.5) is 0 Å². The molecule has 0 aromatic heterocycles. The number of carboxylic acid groups (broad SMARTS) is 1. The summed E-state index contributed by atoms with van der Waals surface area (Å²) in [5.41, 5.74) is 0. The number of carboxylic acids is 1. The molecule has 0 spiro atoms. The molecule has 2 atom stereocenters. The van der Waals surface area contributed by atoms with Crippen molar-refractivity contribution in [2.24, 2.45) is 0 Å². The SMILES string of the molecule is O=C(O)CO[C@H]1CCCC[C@@H]1Cl. The molecular formula is C8H13ClO3. The molecule has 3 nitrogen and oxygen atoms in total. The summed E-state index contributed by atoms with van der Waals surface area (Å²) in [6.45, 7) is -0.228. The molecule has 12 heavy (non-hydrogen) atoms. The molecule has 4 heteroatoms. The highest BCUT2D eigenvalue weighted by molar-refractivity contribution is 6.21. The van der Waals surface area contributed by atoms with Gasteiger partial charge in [-0.25, -0.2) is 4.79 Å². The van der Waals surface area contributed by atoms with Crippen LogP contribution in [0.2, 0.25) is 0 Å². The smallest absolute Gasteiger partial charge is 0.329 e. The minimum absolute atomic E-state index is 0.00176. The molecule has 70 valence electrons. The summed E-state index contributed by atoms with van der Waals surface area (Å²) in [6.07, 6.45) is 3.98. The molecule has 0 radical (unpaired) electrons. The Morgan fingerprint density at radius 3 is 2.75 bits per heavy atom.